The molecule has 3 aromatic rings. The Balaban J connectivity index is 1.35. The number of ether oxygens (including phenoxy) is 1. The monoisotopic (exact) mass is 520 g/mol. The van der Waals surface area contributed by atoms with Crippen molar-refractivity contribution < 1.29 is 32.2 Å². The van der Waals surface area contributed by atoms with Crippen molar-refractivity contribution in [3.8, 4) is 5.75 Å². The van der Waals surface area contributed by atoms with E-state index in [4.69, 9.17) is 5.73 Å². The quantitative estimate of drug-likeness (QED) is 0.261. The molecule has 1 fully saturated rings. The van der Waals surface area contributed by atoms with Crippen LogP contribution >= 0.6 is 0 Å². The van der Waals surface area contributed by atoms with E-state index in [0.717, 1.165) is 28.8 Å². The van der Waals surface area contributed by atoms with Gasteiger partial charge in [0.2, 0.25) is 0 Å². The number of piperidine rings is 1. The number of carbonyl (C=O) groups is 1. The second-order valence-corrected chi connectivity index (χ2v) is 10.2. The molecule has 2 aliphatic rings. The first kappa shape index (κ1) is 25.3. The Hall–Kier alpha value is -3.34. The third kappa shape index (κ3) is 5.09. The first-order chi connectivity index (χ1) is 17.4. The summed E-state index contributed by atoms with van der Waals surface area (Å²) in [5, 5.41) is 11.3. The number of benzene rings is 1. The standard InChI is InChI=1S/C26H28F4N4O3/c1-25(36)8-4-17-20(5-9-25)33-23-22(17)21(18(27)13-32-23)14-6-10-34(11-7-14)24(35)16-3-2-15(12-19(16)31)37-26(28,29)30/h2-3,12-14,36H,4-11,31H2,1H3,(H,32,33)/t25-/m1/s1. The van der Waals surface area contributed by atoms with Crippen LogP contribution in [-0.2, 0) is 12.8 Å². The molecule has 0 saturated carbocycles. The lowest BCUT2D eigenvalue weighted by molar-refractivity contribution is -0.274. The van der Waals surface area contributed by atoms with Gasteiger partial charge in [-0.15, -0.1) is 13.2 Å². The van der Waals surface area contributed by atoms with Gasteiger partial charge in [0.05, 0.1) is 17.4 Å². The van der Waals surface area contributed by atoms with Gasteiger partial charge in [-0.05, 0) is 69.1 Å². The Bertz CT molecular complexity index is 1340. The predicted molar refractivity (Wildman–Crippen MR) is 129 cm³/mol. The van der Waals surface area contributed by atoms with E-state index in [-0.39, 0.29) is 23.0 Å². The second kappa shape index (κ2) is 9.20. The van der Waals surface area contributed by atoms with Gasteiger partial charge < -0.3 is 25.5 Å². The van der Waals surface area contributed by atoms with Gasteiger partial charge in [0.15, 0.2) is 0 Å². The first-order valence-corrected chi connectivity index (χ1v) is 12.3. The molecule has 198 valence electrons. The summed E-state index contributed by atoms with van der Waals surface area (Å²) < 4.78 is 56.5. The molecule has 37 heavy (non-hydrogen) atoms. The molecule has 0 spiro atoms. The molecule has 1 aliphatic carbocycles. The highest BCUT2D eigenvalue weighted by atomic mass is 19.4. The fraction of sp³-hybridized carbons (Fsp3) is 0.462. The highest BCUT2D eigenvalue weighted by Gasteiger charge is 2.34. The van der Waals surface area contributed by atoms with Crippen LogP contribution in [0.4, 0.5) is 23.2 Å². The summed E-state index contributed by atoms with van der Waals surface area (Å²) in [5.41, 5.74) is 8.27. The number of alkyl halides is 3. The Morgan fingerprint density at radius 1 is 1.24 bits per heavy atom. The molecule has 11 heteroatoms. The minimum absolute atomic E-state index is 0.0912. The van der Waals surface area contributed by atoms with Crippen molar-refractivity contribution >= 4 is 22.6 Å². The van der Waals surface area contributed by atoms with Crippen molar-refractivity contribution in [2.75, 3.05) is 18.8 Å². The summed E-state index contributed by atoms with van der Waals surface area (Å²) in [5.74, 6) is -1.42. The summed E-state index contributed by atoms with van der Waals surface area (Å²) in [6.07, 6.45) is -0.160. The van der Waals surface area contributed by atoms with Crippen molar-refractivity contribution in [2.24, 2.45) is 0 Å². The molecule has 2 aromatic heterocycles. The lowest BCUT2D eigenvalue weighted by atomic mass is 9.86. The Kier molecular flexibility index (Phi) is 6.29. The summed E-state index contributed by atoms with van der Waals surface area (Å²) in [7, 11) is 0. The molecule has 0 radical (unpaired) electrons. The number of amides is 1. The number of hydrogen-bond donors (Lipinski definition) is 3. The molecular weight excluding hydrogens is 492 g/mol. The maximum Gasteiger partial charge on any atom is 0.573 e. The molecule has 1 aromatic carbocycles. The number of aromatic amines is 1. The normalized spacial score (nSPS) is 21.1. The van der Waals surface area contributed by atoms with E-state index in [2.05, 4.69) is 14.7 Å². The van der Waals surface area contributed by atoms with Crippen LogP contribution in [-0.4, -0.2) is 50.9 Å². The fourth-order valence-corrected chi connectivity index (χ4v) is 5.55. The van der Waals surface area contributed by atoms with Gasteiger partial charge in [0.1, 0.15) is 17.2 Å². The number of halogens is 4. The highest BCUT2D eigenvalue weighted by Crippen LogP contribution is 2.40. The summed E-state index contributed by atoms with van der Waals surface area (Å²) >= 11 is 0. The number of aliphatic hydroxyl groups is 1. The van der Waals surface area contributed by atoms with Gasteiger partial charge in [-0.2, -0.15) is 0 Å². The summed E-state index contributed by atoms with van der Waals surface area (Å²) in [4.78, 5) is 22.2. The lowest BCUT2D eigenvalue weighted by Crippen LogP contribution is -2.38. The molecule has 1 amide bonds. The van der Waals surface area contributed by atoms with Crippen molar-refractivity contribution in [1.29, 1.82) is 0 Å². The Labute approximate surface area is 210 Å². The number of rotatable bonds is 3. The van der Waals surface area contributed by atoms with Crippen LogP contribution in [0.25, 0.3) is 11.0 Å². The van der Waals surface area contributed by atoms with Gasteiger partial charge >= 0.3 is 6.36 Å². The average molecular weight is 521 g/mol. The Morgan fingerprint density at radius 2 is 1.95 bits per heavy atom. The van der Waals surface area contributed by atoms with E-state index in [1.807, 2.05) is 6.92 Å². The van der Waals surface area contributed by atoms with Crippen molar-refractivity contribution in [3.63, 3.8) is 0 Å². The van der Waals surface area contributed by atoms with Crippen LogP contribution in [0, 0.1) is 5.82 Å². The number of nitrogen functional groups attached to an aromatic ring is 1. The molecule has 1 atom stereocenters. The van der Waals surface area contributed by atoms with Crippen LogP contribution in [0.3, 0.4) is 0 Å². The number of nitrogens with two attached hydrogens (primary N) is 1. The molecule has 4 N–H and O–H groups in total. The topological polar surface area (TPSA) is 104 Å². The number of aromatic nitrogens is 2. The van der Waals surface area contributed by atoms with Crippen molar-refractivity contribution in [3.05, 3.63) is 52.6 Å². The van der Waals surface area contributed by atoms with Crippen LogP contribution < -0.4 is 10.5 Å². The van der Waals surface area contributed by atoms with Crippen LogP contribution in [0.5, 0.6) is 5.75 Å². The zero-order valence-corrected chi connectivity index (χ0v) is 20.3. The summed E-state index contributed by atoms with van der Waals surface area (Å²) in [6.45, 7) is 2.50. The number of likely N-dealkylation sites (tertiary alicyclic amines) is 1. The number of hydrogen-bond acceptors (Lipinski definition) is 5. The second-order valence-electron chi connectivity index (χ2n) is 10.2. The van der Waals surface area contributed by atoms with E-state index in [1.54, 1.807) is 4.90 Å². The van der Waals surface area contributed by atoms with Crippen LogP contribution in [0.2, 0.25) is 0 Å². The largest absolute Gasteiger partial charge is 0.573 e. The number of fused-ring (bicyclic) bond motifs is 3. The number of pyridine rings is 1. The van der Waals surface area contributed by atoms with Gasteiger partial charge in [-0.3, -0.25) is 4.79 Å². The van der Waals surface area contributed by atoms with Crippen LogP contribution in [0.15, 0.2) is 24.4 Å². The van der Waals surface area contributed by atoms with E-state index >= 15 is 4.39 Å². The van der Waals surface area contributed by atoms with Crippen LogP contribution in [0.1, 0.15) is 65.7 Å². The highest BCUT2D eigenvalue weighted by molar-refractivity contribution is 5.99. The third-order valence-electron chi connectivity index (χ3n) is 7.51. The maximum atomic E-state index is 15.2. The summed E-state index contributed by atoms with van der Waals surface area (Å²) in [6, 6.07) is 3.26. The average Bonchev–Trinajstić information content (AvgIpc) is 3.10. The number of carbonyl (C=O) groups excluding carboxylic acids is 1. The number of nitrogens with zero attached hydrogens (tertiary/aromatic N) is 2. The lowest BCUT2D eigenvalue weighted by Gasteiger charge is -2.33. The molecule has 0 unspecified atom stereocenters. The predicted octanol–water partition coefficient (Wildman–Crippen LogP) is 4.83. The van der Waals surface area contributed by atoms with Crippen molar-refractivity contribution in [1.82, 2.24) is 14.9 Å². The van der Waals surface area contributed by atoms with E-state index in [0.29, 0.717) is 62.8 Å². The van der Waals surface area contributed by atoms with Gasteiger partial charge in [-0.1, -0.05) is 0 Å². The van der Waals surface area contributed by atoms with E-state index in [1.165, 1.54) is 12.3 Å². The smallest absolute Gasteiger partial charge is 0.406 e. The maximum absolute atomic E-state index is 15.2. The molecule has 7 nitrogen and oxygen atoms in total. The number of aryl methyl sites for hydroxylation is 2. The minimum atomic E-state index is -4.86. The van der Waals surface area contributed by atoms with E-state index in [9.17, 15) is 23.1 Å². The molecule has 1 aliphatic heterocycles. The molecule has 0 bridgehead atoms. The van der Waals surface area contributed by atoms with Gasteiger partial charge in [-0.25, -0.2) is 9.37 Å². The fourth-order valence-electron chi connectivity index (χ4n) is 5.55. The molecule has 5 rings (SSSR count). The van der Waals surface area contributed by atoms with E-state index < -0.39 is 23.6 Å². The SMILES string of the molecule is C[C@]1(O)CCc2[nH]c3ncc(F)c(C4CCN(C(=O)c5ccc(OC(F)(F)F)cc5N)CC4)c3c2CC1. The first-order valence-electron chi connectivity index (χ1n) is 12.3. The number of H-pyrrole nitrogens is 1. The van der Waals surface area contributed by atoms with Crippen molar-refractivity contribution in [2.45, 2.75) is 63.3 Å². The number of nitrogens with one attached hydrogen (secondary N) is 1. The third-order valence-corrected chi connectivity index (χ3v) is 7.51. The molecular formula is C26H28F4N4O3. The zero-order chi connectivity index (χ0) is 26.5. The molecule has 1 saturated heterocycles. The minimum Gasteiger partial charge on any atom is -0.406 e. The van der Waals surface area contributed by atoms with Gasteiger partial charge in [0, 0.05) is 41.5 Å². The Morgan fingerprint density at radius 3 is 2.62 bits per heavy atom. The van der Waals surface area contributed by atoms with Gasteiger partial charge in [0.25, 0.3) is 5.91 Å². The molecule has 3 heterocycles. The zero-order valence-electron chi connectivity index (χ0n) is 20.3. The number of anilines is 1.